The Labute approximate surface area is 87.1 Å². The van der Waals surface area contributed by atoms with Crippen LogP contribution in [0.15, 0.2) is 0 Å². The molecule has 9 heavy (non-hydrogen) atoms. The van der Waals surface area contributed by atoms with Gasteiger partial charge in [-0.25, -0.2) is 0 Å². The summed E-state index contributed by atoms with van der Waals surface area (Å²) in [7, 11) is 0. The van der Waals surface area contributed by atoms with Crippen LogP contribution < -0.4 is 0 Å². The predicted octanol–water partition coefficient (Wildman–Crippen LogP) is 1.91. The van der Waals surface area contributed by atoms with Crippen molar-refractivity contribution in [2.45, 2.75) is 6.92 Å². The largest absolute Gasteiger partial charge is 2.00 e. The summed E-state index contributed by atoms with van der Waals surface area (Å²) in [5.74, 6) is 0. The monoisotopic (exact) mass is 338 g/mol. The van der Waals surface area contributed by atoms with E-state index in [9.17, 15) is 0 Å². The molecule has 59 valence electrons. The molecule has 0 aromatic carbocycles. The molecule has 0 atom stereocenters. The summed E-state index contributed by atoms with van der Waals surface area (Å²) in [6.45, 7) is 1.32. The Morgan fingerprint density at radius 3 is 1.00 bits per heavy atom. The van der Waals surface area contributed by atoms with Gasteiger partial charge in [-0.3, -0.25) is 6.29 Å². The van der Waals surface area contributed by atoms with Crippen molar-refractivity contribution in [3.8, 4) is 0 Å². The topological polar surface area (TPSA) is 17.1 Å². The fourth-order valence-electron chi connectivity index (χ4n) is 0. The molecule has 3 heteroatoms. The van der Waals surface area contributed by atoms with Gasteiger partial charge in [-0.1, -0.05) is 0 Å². The summed E-state index contributed by atoms with van der Waals surface area (Å²) in [6.07, 6.45) is 1.50. The standard InChI is InChI=1S/C2H3O.4CH3.V.W/c1-2-3;;;;;;/h1H3;4*1H3;;/q5*-1;+2;. The first kappa shape index (κ1) is 91.8. The molecule has 1 nitrogen and oxygen atoms in total. The van der Waals surface area contributed by atoms with E-state index in [0.717, 1.165) is 0 Å². The molecule has 0 rings (SSSR count). The molecule has 0 N–H and O–H groups in total. The van der Waals surface area contributed by atoms with Crippen LogP contribution in [0, 0.1) is 29.7 Å². The molecule has 0 heterocycles. The number of hydrogen-bond acceptors (Lipinski definition) is 1. The fourth-order valence-corrected chi connectivity index (χ4v) is 0. The summed E-state index contributed by atoms with van der Waals surface area (Å²) in [5, 5.41) is 0. The van der Waals surface area contributed by atoms with E-state index < -0.39 is 0 Å². The van der Waals surface area contributed by atoms with Crippen molar-refractivity contribution >= 4 is 6.29 Å². The summed E-state index contributed by atoms with van der Waals surface area (Å²) in [6, 6.07) is 0. The van der Waals surface area contributed by atoms with Crippen LogP contribution in [0.4, 0.5) is 0 Å². The molecule has 1 radical (unpaired) electrons. The maximum atomic E-state index is 8.68. The van der Waals surface area contributed by atoms with E-state index in [-0.39, 0.29) is 69.3 Å². The first-order valence-electron chi connectivity index (χ1n) is 0.704. The number of hydrogen-bond donors (Lipinski definition) is 0. The van der Waals surface area contributed by atoms with Crippen LogP contribution in [0.1, 0.15) is 6.92 Å². The SMILES string of the molecule is C[C-]=O.[CH3-].[CH3-].[CH3-].[CH3-].[V+2].[W]. The summed E-state index contributed by atoms with van der Waals surface area (Å²) < 4.78 is 0. The second kappa shape index (κ2) is 149. The van der Waals surface area contributed by atoms with Gasteiger partial charge in [0.05, 0.1) is 0 Å². The summed E-state index contributed by atoms with van der Waals surface area (Å²) >= 11 is 0. The van der Waals surface area contributed by atoms with Crippen LogP contribution in [0.3, 0.4) is 0 Å². The Kier molecular flexibility index (Phi) is 1530. The maximum absolute atomic E-state index is 8.68. The van der Waals surface area contributed by atoms with Gasteiger partial charge in [0, 0.05) is 21.1 Å². The van der Waals surface area contributed by atoms with Gasteiger partial charge in [-0.2, -0.15) is 6.92 Å². The minimum absolute atomic E-state index is 0. The van der Waals surface area contributed by atoms with E-state index in [0.29, 0.717) is 0 Å². The van der Waals surface area contributed by atoms with Crippen LogP contribution in [-0.2, 0) is 44.4 Å². The summed E-state index contributed by atoms with van der Waals surface area (Å²) in [5.41, 5.74) is 0. The smallest absolute Gasteiger partial charge is 0.542 e. The van der Waals surface area contributed by atoms with Gasteiger partial charge in [-0.15, -0.1) is 0 Å². The van der Waals surface area contributed by atoms with Gasteiger partial charge in [-0.05, 0) is 0 Å². The van der Waals surface area contributed by atoms with Crippen molar-refractivity contribution in [3.05, 3.63) is 29.7 Å². The van der Waals surface area contributed by atoms with E-state index in [1.54, 1.807) is 0 Å². The molecule has 0 spiro atoms. The zero-order valence-electron chi connectivity index (χ0n) is 6.76. The van der Waals surface area contributed by atoms with Crippen LogP contribution in [-0.4, -0.2) is 6.29 Å². The minimum atomic E-state index is 0. The van der Waals surface area contributed by atoms with Crippen LogP contribution >= 0.6 is 0 Å². The first-order valence-corrected chi connectivity index (χ1v) is 0.704. The van der Waals surface area contributed by atoms with Crippen molar-refractivity contribution in [1.29, 1.82) is 0 Å². The minimum Gasteiger partial charge on any atom is -0.542 e. The molecule has 0 aliphatic rings. The molecular formula is C6H15OVW-3. The van der Waals surface area contributed by atoms with Gasteiger partial charge in [0.2, 0.25) is 0 Å². The Hall–Kier alpha value is 0.943. The Balaban J connectivity index is -0.00000000133. The van der Waals surface area contributed by atoms with E-state index in [4.69, 9.17) is 4.79 Å². The van der Waals surface area contributed by atoms with Crippen LogP contribution in [0.2, 0.25) is 0 Å². The average Bonchev–Trinajstić information content (AvgIpc) is 0.918. The number of carbonyl (C=O) groups excluding carboxylic acids is 1. The normalized spacial score (nSPS) is 1.44. The quantitative estimate of drug-likeness (QED) is 0.617. The van der Waals surface area contributed by atoms with Crippen molar-refractivity contribution < 1.29 is 44.4 Å². The Morgan fingerprint density at radius 1 is 1.00 bits per heavy atom. The first-order chi connectivity index (χ1) is 1.41. The van der Waals surface area contributed by atoms with Crippen molar-refractivity contribution in [2.75, 3.05) is 0 Å². The van der Waals surface area contributed by atoms with E-state index in [2.05, 4.69) is 0 Å². The molecule has 0 saturated heterocycles. The third-order valence-electron chi connectivity index (χ3n) is 0. The second-order valence-electron chi connectivity index (χ2n) is 0.204. The molecule has 0 aliphatic carbocycles. The van der Waals surface area contributed by atoms with Gasteiger partial charge < -0.3 is 34.5 Å². The molecule has 0 fully saturated rings. The second-order valence-corrected chi connectivity index (χ2v) is 0.204. The van der Waals surface area contributed by atoms with E-state index in [1.165, 1.54) is 13.2 Å². The molecule has 0 saturated carbocycles. The number of rotatable bonds is 0. The zero-order valence-corrected chi connectivity index (χ0v) is 11.1. The Bertz CT molecular complexity index is 20.5. The predicted molar refractivity (Wildman–Crippen MR) is 37.0 cm³/mol. The molecule has 0 aliphatic heterocycles. The van der Waals surface area contributed by atoms with Crippen LogP contribution in [0.5, 0.6) is 0 Å². The Morgan fingerprint density at radius 2 is 1.00 bits per heavy atom. The maximum Gasteiger partial charge on any atom is 2.00 e. The van der Waals surface area contributed by atoms with E-state index >= 15 is 0 Å². The van der Waals surface area contributed by atoms with Gasteiger partial charge >= 0.3 is 18.6 Å². The zero-order chi connectivity index (χ0) is 2.71. The fraction of sp³-hybridized carbons (Fsp3) is 0.167. The van der Waals surface area contributed by atoms with Crippen molar-refractivity contribution in [1.82, 2.24) is 0 Å². The van der Waals surface area contributed by atoms with Gasteiger partial charge in [0.25, 0.3) is 0 Å². The molecule has 0 unspecified atom stereocenters. The molecule has 0 bridgehead atoms. The van der Waals surface area contributed by atoms with Crippen molar-refractivity contribution in [3.63, 3.8) is 0 Å². The van der Waals surface area contributed by atoms with Gasteiger partial charge in [0.1, 0.15) is 0 Å². The third kappa shape index (κ3) is 485. The molecular weight excluding hydrogens is 323 g/mol. The summed E-state index contributed by atoms with van der Waals surface area (Å²) in [4.78, 5) is 8.68. The third-order valence-corrected chi connectivity index (χ3v) is 0. The van der Waals surface area contributed by atoms with Crippen molar-refractivity contribution in [2.24, 2.45) is 0 Å². The molecule has 0 aromatic heterocycles. The van der Waals surface area contributed by atoms with Gasteiger partial charge in [0.15, 0.2) is 0 Å². The molecule has 0 aromatic rings. The van der Waals surface area contributed by atoms with Crippen LogP contribution in [0.25, 0.3) is 0 Å². The molecule has 0 amide bonds. The van der Waals surface area contributed by atoms with E-state index in [1.807, 2.05) is 0 Å². The average molecular weight is 338 g/mol.